The molecule has 0 fully saturated rings. The number of nitrogens with zero attached hydrogens (tertiary/aromatic N) is 3. The van der Waals surface area contributed by atoms with Gasteiger partial charge in [0.05, 0.1) is 12.0 Å². The molecule has 0 radical (unpaired) electrons. The number of nitrogens with one attached hydrogen (secondary N) is 1. The number of aromatic nitrogens is 2. The van der Waals surface area contributed by atoms with Crippen molar-refractivity contribution < 1.29 is 23.7 Å². The topological polar surface area (TPSA) is 105 Å². The second kappa shape index (κ2) is 7.28. The summed E-state index contributed by atoms with van der Waals surface area (Å²) in [4.78, 5) is 11.5. The molecule has 2 atom stereocenters. The number of ether oxygens (including phenoxy) is 2. The minimum Gasteiger partial charge on any atom is -0.454 e. The van der Waals surface area contributed by atoms with Crippen molar-refractivity contribution in [3.8, 4) is 23.0 Å². The molecule has 9 heteroatoms. The number of non-ortho nitro benzene ring substituents is 1. The summed E-state index contributed by atoms with van der Waals surface area (Å²) < 4.78 is 16.6. The molecule has 1 aromatic heterocycles. The van der Waals surface area contributed by atoms with Crippen LogP contribution >= 0.6 is 0 Å². The second-order valence-corrected chi connectivity index (χ2v) is 6.68. The largest absolute Gasteiger partial charge is 0.454 e. The third kappa shape index (κ3) is 3.52. The average molecular weight is 383 g/mol. The van der Waals surface area contributed by atoms with Crippen molar-refractivity contribution in [3.63, 3.8) is 0 Å². The molecule has 0 bridgehead atoms. The molecular formula is C19H19N4O5+. The van der Waals surface area contributed by atoms with Crippen molar-refractivity contribution in [1.29, 1.82) is 0 Å². The minimum absolute atomic E-state index is 0.0183. The number of fused-ring (bicyclic) bond motifs is 1. The molecule has 4 rings (SSSR count). The van der Waals surface area contributed by atoms with Crippen LogP contribution in [0.5, 0.6) is 11.5 Å². The Balaban J connectivity index is 1.46. The number of nitro benzene ring substituents is 1. The molecule has 0 saturated heterocycles. The van der Waals surface area contributed by atoms with Gasteiger partial charge < -0.3 is 18.8 Å². The van der Waals surface area contributed by atoms with Gasteiger partial charge in [0.25, 0.3) is 11.6 Å². The summed E-state index contributed by atoms with van der Waals surface area (Å²) >= 11 is 0. The SMILES string of the molecule is C[C@@H](c1nnc(-c2ccc([N+](=O)[O-])cc2)o1)[NH+](C)Cc1ccc2c(c1)OCO2. The highest BCUT2D eigenvalue weighted by atomic mass is 16.7. The first-order valence-corrected chi connectivity index (χ1v) is 8.80. The van der Waals surface area contributed by atoms with Crippen molar-refractivity contribution in [1.82, 2.24) is 10.2 Å². The van der Waals surface area contributed by atoms with Crippen LogP contribution in [-0.4, -0.2) is 29.0 Å². The Bertz CT molecular complexity index is 1000. The lowest BCUT2D eigenvalue weighted by Gasteiger charge is -2.19. The van der Waals surface area contributed by atoms with Crippen molar-refractivity contribution >= 4 is 5.69 Å². The van der Waals surface area contributed by atoms with Gasteiger partial charge in [0.2, 0.25) is 12.7 Å². The van der Waals surface area contributed by atoms with Gasteiger partial charge >= 0.3 is 0 Å². The van der Waals surface area contributed by atoms with Crippen LogP contribution in [0.3, 0.4) is 0 Å². The first kappa shape index (κ1) is 17.9. The Morgan fingerprint density at radius 3 is 2.64 bits per heavy atom. The summed E-state index contributed by atoms with van der Waals surface area (Å²) in [7, 11) is 2.05. The maximum Gasteiger partial charge on any atom is 0.274 e. The molecule has 2 heterocycles. The normalized spacial score (nSPS) is 14.6. The quantitative estimate of drug-likeness (QED) is 0.514. The van der Waals surface area contributed by atoms with E-state index in [0.29, 0.717) is 17.3 Å². The van der Waals surface area contributed by atoms with E-state index in [9.17, 15) is 10.1 Å². The standard InChI is InChI=1S/C19H18N4O5/c1-12(22(2)10-13-3-8-16-17(9-13)27-11-26-16)18-20-21-19(28-18)14-4-6-15(7-5-14)23(24)25/h3-9,12H,10-11H2,1-2H3/p+1/t12-/m0/s1. The van der Waals surface area contributed by atoms with E-state index in [1.54, 1.807) is 12.1 Å². The van der Waals surface area contributed by atoms with Crippen LogP contribution in [0.15, 0.2) is 46.9 Å². The first-order valence-electron chi connectivity index (χ1n) is 8.80. The Morgan fingerprint density at radius 1 is 1.14 bits per heavy atom. The zero-order valence-electron chi connectivity index (χ0n) is 15.4. The molecule has 144 valence electrons. The van der Waals surface area contributed by atoms with Gasteiger partial charge in [0.1, 0.15) is 6.54 Å². The predicted molar refractivity (Wildman–Crippen MR) is 98.0 cm³/mol. The molecular weight excluding hydrogens is 364 g/mol. The zero-order valence-corrected chi connectivity index (χ0v) is 15.4. The van der Waals surface area contributed by atoms with Gasteiger partial charge in [-0.05, 0) is 37.3 Å². The van der Waals surface area contributed by atoms with Gasteiger partial charge in [-0.3, -0.25) is 10.1 Å². The fraction of sp³-hybridized carbons (Fsp3) is 0.263. The van der Waals surface area contributed by atoms with Crippen LogP contribution in [0.2, 0.25) is 0 Å². The van der Waals surface area contributed by atoms with Gasteiger partial charge in [0, 0.05) is 23.3 Å². The van der Waals surface area contributed by atoms with Crippen molar-refractivity contribution in [2.24, 2.45) is 0 Å². The number of quaternary nitrogens is 1. The van der Waals surface area contributed by atoms with Crippen LogP contribution in [0.1, 0.15) is 24.4 Å². The highest BCUT2D eigenvalue weighted by molar-refractivity contribution is 5.55. The van der Waals surface area contributed by atoms with Crippen molar-refractivity contribution in [2.45, 2.75) is 19.5 Å². The second-order valence-electron chi connectivity index (χ2n) is 6.68. The van der Waals surface area contributed by atoms with Crippen LogP contribution in [-0.2, 0) is 6.54 Å². The highest BCUT2D eigenvalue weighted by Crippen LogP contribution is 2.32. The summed E-state index contributed by atoms with van der Waals surface area (Å²) in [6.07, 6.45) is 0. The Hall–Kier alpha value is -3.46. The number of nitro groups is 1. The van der Waals surface area contributed by atoms with E-state index in [1.165, 1.54) is 12.1 Å². The maximum atomic E-state index is 10.8. The molecule has 28 heavy (non-hydrogen) atoms. The lowest BCUT2D eigenvalue weighted by molar-refractivity contribution is -0.925. The average Bonchev–Trinajstić information content (AvgIpc) is 3.36. The first-order chi connectivity index (χ1) is 13.5. The van der Waals surface area contributed by atoms with Crippen LogP contribution < -0.4 is 14.4 Å². The summed E-state index contributed by atoms with van der Waals surface area (Å²) in [5.74, 6) is 2.37. The lowest BCUT2D eigenvalue weighted by atomic mass is 10.1. The van der Waals surface area contributed by atoms with Gasteiger partial charge in [-0.1, -0.05) is 0 Å². The minimum atomic E-state index is -0.445. The zero-order chi connectivity index (χ0) is 19.7. The summed E-state index contributed by atoms with van der Waals surface area (Å²) in [6.45, 7) is 3.01. The smallest absolute Gasteiger partial charge is 0.274 e. The molecule has 1 aliphatic heterocycles. The van der Waals surface area contributed by atoms with E-state index < -0.39 is 4.92 Å². The van der Waals surface area contributed by atoms with Crippen molar-refractivity contribution in [3.05, 3.63) is 64.0 Å². The number of hydrogen-bond acceptors (Lipinski definition) is 7. The van der Waals surface area contributed by atoms with Crippen LogP contribution in [0.4, 0.5) is 5.69 Å². The van der Waals surface area contributed by atoms with Gasteiger partial charge in [-0.15, -0.1) is 10.2 Å². The molecule has 9 nitrogen and oxygen atoms in total. The third-order valence-electron chi connectivity index (χ3n) is 4.80. The Labute approximate surface area is 160 Å². The van der Waals surface area contributed by atoms with E-state index in [2.05, 4.69) is 10.2 Å². The summed E-state index contributed by atoms with van der Waals surface area (Å²) in [6, 6.07) is 11.9. The molecule has 1 N–H and O–H groups in total. The highest BCUT2D eigenvalue weighted by Gasteiger charge is 2.24. The van der Waals surface area contributed by atoms with Crippen molar-refractivity contribution in [2.75, 3.05) is 13.8 Å². The molecule has 0 aliphatic carbocycles. The fourth-order valence-electron chi connectivity index (χ4n) is 2.99. The molecule has 0 amide bonds. The van der Waals surface area contributed by atoms with Crippen LogP contribution in [0, 0.1) is 10.1 Å². The number of hydrogen-bond donors (Lipinski definition) is 1. The number of rotatable bonds is 6. The van der Waals surface area contributed by atoms with E-state index >= 15 is 0 Å². The molecule has 2 aromatic carbocycles. The Kier molecular flexibility index (Phi) is 4.66. The van der Waals surface area contributed by atoms with Gasteiger partial charge in [-0.2, -0.15) is 0 Å². The third-order valence-corrected chi connectivity index (χ3v) is 4.80. The molecule has 0 saturated carbocycles. The number of benzene rings is 2. The van der Waals surface area contributed by atoms with Gasteiger partial charge in [0.15, 0.2) is 17.5 Å². The monoisotopic (exact) mass is 383 g/mol. The van der Waals surface area contributed by atoms with Gasteiger partial charge in [-0.25, -0.2) is 0 Å². The lowest BCUT2D eigenvalue weighted by Crippen LogP contribution is -3.07. The van der Waals surface area contributed by atoms with E-state index in [4.69, 9.17) is 13.9 Å². The van der Waals surface area contributed by atoms with E-state index in [-0.39, 0.29) is 18.5 Å². The Morgan fingerprint density at radius 2 is 1.89 bits per heavy atom. The molecule has 1 unspecified atom stereocenters. The predicted octanol–water partition coefficient (Wildman–Crippen LogP) is 2.15. The van der Waals surface area contributed by atoms with E-state index in [0.717, 1.165) is 28.5 Å². The maximum absolute atomic E-state index is 10.8. The van der Waals surface area contributed by atoms with E-state index in [1.807, 2.05) is 32.2 Å². The molecule has 0 spiro atoms. The molecule has 3 aromatic rings. The summed E-state index contributed by atoms with van der Waals surface area (Å²) in [5, 5.41) is 19.0. The fourth-order valence-corrected chi connectivity index (χ4v) is 2.99. The summed E-state index contributed by atoms with van der Waals surface area (Å²) in [5.41, 5.74) is 1.78. The van der Waals surface area contributed by atoms with Crippen LogP contribution in [0.25, 0.3) is 11.5 Å². The molecule has 1 aliphatic rings.